The lowest BCUT2D eigenvalue weighted by molar-refractivity contribution is -0.138. The molecule has 194 valence electrons. The number of halogens is 3. The van der Waals surface area contributed by atoms with E-state index in [1.807, 2.05) is 11.9 Å². The van der Waals surface area contributed by atoms with Crippen molar-refractivity contribution in [2.24, 2.45) is 0 Å². The van der Waals surface area contributed by atoms with Gasteiger partial charge in [0, 0.05) is 38.3 Å². The number of nitrogen functional groups attached to an aromatic ring is 1. The lowest BCUT2D eigenvalue weighted by atomic mass is 10.0. The number of anilines is 2. The molecule has 1 saturated heterocycles. The van der Waals surface area contributed by atoms with Crippen molar-refractivity contribution < 1.29 is 18.0 Å². The van der Waals surface area contributed by atoms with Gasteiger partial charge in [-0.1, -0.05) is 17.4 Å². The highest BCUT2D eigenvalue weighted by Gasteiger charge is 2.34. The Kier molecular flexibility index (Phi) is 7.77. The average molecular weight is 530 g/mol. The Morgan fingerprint density at radius 2 is 1.86 bits per heavy atom. The van der Waals surface area contributed by atoms with Crippen LogP contribution in [0, 0.1) is 25.7 Å². The number of amides is 1. The number of nitrogens with zero attached hydrogens (tertiary/aromatic N) is 5. The Morgan fingerprint density at radius 3 is 2.54 bits per heavy atom. The van der Waals surface area contributed by atoms with Gasteiger partial charge in [0.2, 0.25) is 0 Å². The molecule has 1 fully saturated rings. The fourth-order valence-corrected chi connectivity index (χ4v) is 4.59. The number of likely N-dealkylation sites (N-methyl/N-ethyl adjacent to an activating group) is 1. The van der Waals surface area contributed by atoms with Gasteiger partial charge in [0.05, 0.1) is 23.1 Å². The first-order valence-corrected chi connectivity index (χ1v) is 12.3. The number of alkyl halides is 3. The first kappa shape index (κ1) is 26.5. The van der Waals surface area contributed by atoms with Gasteiger partial charge in [-0.05, 0) is 50.4 Å². The SMILES string of the molecule is Cc1nc(C#Cc2sc(NC(=O)c3ccc(CN4CCN(C)CC4)c(C(F)(F)F)c3)nc2C)cnc1N. The van der Waals surface area contributed by atoms with Crippen molar-refractivity contribution >= 4 is 28.2 Å². The van der Waals surface area contributed by atoms with Crippen LogP contribution in [0.5, 0.6) is 0 Å². The van der Waals surface area contributed by atoms with Crippen LogP contribution >= 0.6 is 11.3 Å². The van der Waals surface area contributed by atoms with E-state index >= 15 is 0 Å². The van der Waals surface area contributed by atoms with E-state index in [0.29, 0.717) is 40.9 Å². The average Bonchev–Trinajstić information content (AvgIpc) is 3.19. The Bertz CT molecular complexity index is 1370. The summed E-state index contributed by atoms with van der Waals surface area (Å²) in [5, 5.41) is 2.83. The third-order valence-electron chi connectivity index (χ3n) is 5.97. The number of piperazine rings is 1. The molecule has 0 spiro atoms. The number of aromatic nitrogens is 3. The molecule has 3 aromatic rings. The zero-order chi connectivity index (χ0) is 26.7. The fraction of sp³-hybridized carbons (Fsp3) is 0.360. The van der Waals surface area contributed by atoms with Gasteiger partial charge in [-0.2, -0.15) is 13.2 Å². The van der Waals surface area contributed by atoms with Crippen molar-refractivity contribution in [3.05, 3.63) is 63.0 Å². The van der Waals surface area contributed by atoms with E-state index in [-0.39, 0.29) is 22.8 Å². The minimum atomic E-state index is -4.58. The van der Waals surface area contributed by atoms with Crippen LogP contribution in [-0.4, -0.2) is 63.9 Å². The van der Waals surface area contributed by atoms with Crippen LogP contribution in [0.1, 0.15) is 43.4 Å². The summed E-state index contributed by atoms with van der Waals surface area (Å²) in [5.41, 5.74) is 6.49. The fourth-order valence-electron chi connectivity index (χ4n) is 3.77. The van der Waals surface area contributed by atoms with Gasteiger partial charge in [0.15, 0.2) is 5.13 Å². The van der Waals surface area contributed by atoms with Crippen LogP contribution in [0.25, 0.3) is 0 Å². The van der Waals surface area contributed by atoms with Crippen molar-refractivity contribution in [2.45, 2.75) is 26.6 Å². The van der Waals surface area contributed by atoms with Crippen molar-refractivity contribution in [1.82, 2.24) is 24.8 Å². The van der Waals surface area contributed by atoms with E-state index in [1.165, 1.54) is 18.3 Å². The van der Waals surface area contributed by atoms with Crippen molar-refractivity contribution in [2.75, 3.05) is 44.3 Å². The van der Waals surface area contributed by atoms with E-state index < -0.39 is 17.6 Å². The van der Waals surface area contributed by atoms with Gasteiger partial charge >= 0.3 is 6.18 Å². The minimum absolute atomic E-state index is 0.0948. The van der Waals surface area contributed by atoms with Crippen LogP contribution in [-0.2, 0) is 12.7 Å². The number of carbonyl (C=O) groups excluding carboxylic acids is 1. The van der Waals surface area contributed by atoms with Crippen LogP contribution < -0.4 is 11.1 Å². The third kappa shape index (κ3) is 6.62. The second-order valence-electron chi connectivity index (χ2n) is 8.81. The number of nitrogens with two attached hydrogens (primary N) is 1. The maximum absolute atomic E-state index is 13.9. The number of benzene rings is 1. The smallest absolute Gasteiger partial charge is 0.382 e. The monoisotopic (exact) mass is 529 g/mol. The highest BCUT2D eigenvalue weighted by molar-refractivity contribution is 7.16. The molecule has 3 heterocycles. The maximum Gasteiger partial charge on any atom is 0.416 e. The molecule has 0 radical (unpaired) electrons. The van der Waals surface area contributed by atoms with Crippen LogP contribution in [0.4, 0.5) is 24.1 Å². The molecule has 12 heteroatoms. The Balaban J connectivity index is 1.50. The van der Waals surface area contributed by atoms with Crippen LogP contribution in [0.15, 0.2) is 24.4 Å². The summed E-state index contributed by atoms with van der Waals surface area (Å²) in [6.07, 6.45) is -3.12. The quantitative estimate of drug-likeness (QED) is 0.499. The molecule has 0 unspecified atom stereocenters. The number of hydrogen-bond acceptors (Lipinski definition) is 8. The predicted octanol–water partition coefficient (Wildman–Crippen LogP) is 3.55. The van der Waals surface area contributed by atoms with E-state index in [1.54, 1.807) is 13.8 Å². The van der Waals surface area contributed by atoms with E-state index in [9.17, 15) is 18.0 Å². The summed E-state index contributed by atoms with van der Waals surface area (Å²) in [7, 11) is 1.99. The van der Waals surface area contributed by atoms with Crippen molar-refractivity contribution in [1.29, 1.82) is 0 Å². The molecule has 0 atom stereocenters. The summed E-state index contributed by atoms with van der Waals surface area (Å²) >= 11 is 1.12. The lowest BCUT2D eigenvalue weighted by Crippen LogP contribution is -2.44. The van der Waals surface area contributed by atoms with E-state index in [0.717, 1.165) is 30.5 Å². The molecule has 0 saturated carbocycles. The second-order valence-corrected chi connectivity index (χ2v) is 9.81. The van der Waals surface area contributed by atoms with Crippen LogP contribution in [0.2, 0.25) is 0 Å². The Morgan fingerprint density at radius 1 is 1.14 bits per heavy atom. The van der Waals surface area contributed by atoms with Gasteiger partial charge in [-0.3, -0.25) is 15.0 Å². The Hall–Kier alpha value is -3.53. The van der Waals surface area contributed by atoms with Gasteiger partial charge in [0.1, 0.15) is 16.4 Å². The number of aryl methyl sites for hydroxylation is 2. The zero-order valence-corrected chi connectivity index (χ0v) is 21.4. The van der Waals surface area contributed by atoms with E-state index in [2.05, 4.69) is 37.0 Å². The number of nitrogens with one attached hydrogen (secondary N) is 1. The molecule has 3 N–H and O–H groups in total. The standard InChI is InChI=1S/C25H26F3N7OS/c1-15-21(7-6-19-13-30-22(29)16(2)31-19)37-24(32-15)33-23(36)17-4-5-18(20(12-17)25(26,27)28)14-35-10-8-34(3)9-11-35/h4-5,12-13H,8-11,14H2,1-3H3,(H2,29,30)(H,32,33,36). The maximum atomic E-state index is 13.9. The Labute approximate surface area is 216 Å². The molecule has 8 nitrogen and oxygen atoms in total. The molecule has 0 aliphatic carbocycles. The van der Waals surface area contributed by atoms with E-state index in [4.69, 9.17) is 5.73 Å². The number of carbonyl (C=O) groups is 1. The molecule has 4 rings (SSSR count). The third-order valence-corrected chi connectivity index (χ3v) is 6.96. The minimum Gasteiger partial charge on any atom is -0.382 e. The topological polar surface area (TPSA) is 100 Å². The van der Waals surface area contributed by atoms with Gasteiger partial charge in [-0.25, -0.2) is 15.0 Å². The lowest BCUT2D eigenvalue weighted by Gasteiger charge is -2.33. The number of thiazole rings is 1. The molecule has 1 amide bonds. The second kappa shape index (κ2) is 10.8. The first-order chi connectivity index (χ1) is 17.5. The molecular weight excluding hydrogens is 503 g/mol. The van der Waals surface area contributed by atoms with Crippen molar-refractivity contribution in [3.63, 3.8) is 0 Å². The van der Waals surface area contributed by atoms with Crippen LogP contribution in [0.3, 0.4) is 0 Å². The molecule has 1 aromatic carbocycles. The summed E-state index contributed by atoms with van der Waals surface area (Å²) in [6, 6.07) is 3.71. The largest absolute Gasteiger partial charge is 0.416 e. The molecule has 2 aromatic heterocycles. The van der Waals surface area contributed by atoms with Gasteiger partial charge in [-0.15, -0.1) is 0 Å². The normalized spacial score (nSPS) is 14.8. The highest BCUT2D eigenvalue weighted by atomic mass is 32.1. The van der Waals surface area contributed by atoms with Gasteiger partial charge < -0.3 is 10.6 Å². The molecule has 1 aliphatic heterocycles. The summed E-state index contributed by atoms with van der Waals surface area (Å²) in [5.74, 6) is 5.47. The first-order valence-electron chi connectivity index (χ1n) is 11.5. The summed E-state index contributed by atoms with van der Waals surface area (Å²) in [6.45, 7) is 6.61. The highest BCUT2D eigenvalue weighted by Crippen LogP contribution is 2.34. The summed E-state index contributed by atoms with van der Waals surface area (Å²) < 4.78 is 41.6. The molecule has 37 heavy (non-hydrogen) atoms. The summed E-state index contributed by atoms with van der Waals surface area (Å²) in [4.78, 5) is 30.1. The number of hydrogen-bond donors (Lipinski definition) is 2. The van der Waals surface area contributed by atoms with Gasteiger partial charge in [0.25, 0.3) is 5.91 Å². The molecule has 0 bridgehead atoms. The predicted molar refractivity (Wildman–Crippen MR) is 136 cm³/mol. The number of rotatable bonds is 4. The molecular formula is C25H26F3N7OS. The van der Waals surface area contributed by atoms with Crippen molar-refractivity contribution in [3.8, 4) is 11.8 Å². The zero-order valence-electron chi connectivity index (χ0n) is 20.6. The molecule has 1 aliphatic rings.